The van der Waals surface area contributed by atoms with Gasteiger partial charge in [-0.2, -0.15) is 5.10 Å². The van der Waals surface area contributed by atoms with Crippen molar-refractivity contribution in [1.82, 2.24) is 15.2 Å². The van der Waals surface area contributed by atoms with Gasteiger partial charge < -0.3 is 15.0 Å². The van der Waals surface area contributed by atoms with Crippen LogP contribution in [0, 0.1) is 0 Å². The van der Waals surface area contributed by atoms with Crippen molar-refractivity contribution < 1.29 is 4.74 Å². The van der Waals surface area contributed by atoms with Crippen molar-refractivity contribution in [1.29, 1.82) is 0 Å². The van der Waals surface area contributed by atoms with E-state index in [-0.39, 0.29) is 0 Å². The molecule has 2 aromatic carbocycles. The molecule has 3 heterocycles. The lowest BCUT2D eigenvalue weighted by Gasteiger charge is -2.24. The first-order valence-electron chi connectivity index (χ1n) is 9.68. The van der Waals surface area contributed by atoms with Crippen LogP contribution in [0.2, 0.25) is 0 Å². The second-order valence-electron chi connectivity index (χ2n) is 7.35. The summed E-state index contributed by atoms with van der Waals surface area (Å²) < 4.78 is 5.37. The number of anilines is 3. The molecule has 0 aliphatic carbocycles. The molecule has 1 aliphatic heterocycles. The van der Waals surface area contributed by atoms with Crippen molar-refractivity contribution >= 4 is 39.0 Å². The van der Waals surface area contributed by atoms with E-state index < -0.39 is 0 Å². The molecule has 1 fully saturated rings. The quantitative estimate of drug-likeness (QED) is 0.535. The van der Waals surface area contributed by atoms with E-state index in [9.17, 15) is 0 Å². The molecule has 28 heavy (non-hydrogen) atoms. The Morgan fingerprint density at radius 1 is 1.18 bits per heavy atom. The smallest absolute Gasteiger partial charge is 0.159 e. The Bertz CT molecular complexity index is 1150. The molecule has 0 bridgehead atoms. The molecule has 0 unspecified atom stereocenters. The third-order valence-corrected chi connectivity index (χ3v) is 5.58. The summed E-state index contributed by atoms with van der Waals surface area (Å²) in [6.45, 7) is 3.41. The SMILES string of the molecule is COc1ccc2nc(Nc3cccc(N4CCC[C@@H]4C)c3)c3n[nH]cc3c2c1. The fraction of sp³-hybridized carbons (Fsp3) is 0.273. The molecule has 6 nitrogen and oxygen atoms in total. The van der Waals surface area contributed by atoms with Gasteiger partial charge in [-0.3, -0.25) is 5.10 Å². The van der Waals surface area contributed by atoms with Crippen molar-refractivity contribution in [2.24, 2.45) is 0 Å². The van der Waals surface area contributed by atoms with E-state index >= 15 is 0 Å². The molecule has 4 aromatic rings. The van der Waals surface area contributed by atoms with E-state index in [4.69, 9.17) is 9.72 Å². The van der Waals surface area contributed by atoms with Gasteiger partial charge in [0.1, 0.15) is 11.3 Å². The number of nitrogens with zero attached hydrogens (tertiary/aromatic N) is 3. The summed E-state index contributed by atoms with van der Waals surface area (Å²) in [6, 6.07) is 15.0. The Morgan fingerprint density at radius 3 is 2.93 bits per heavy atom. The monoisotopic (exact) mass is 373 g/mol. The van der Waals surface area contributed by atoms with E-state index in [1.807, 2.05) is 24.4 Å². The highest BCUT2D eigenvalue weighted by atomic mass is 16.5. The van der Waals surface area contributed by atoms with Crippen LogP contribution < -0.4 is 15.0 Å². The van der Waals surface area contributed by atoms with Crippen molar-refractivity contribution in [2.75, 3.05) is 23.9 Å². The highest BCUT2D eigenvalue weighted by molar-refractivity contribution is 6.09. The Balaban J connectivity index is 1.55. The lowest BCUT2D eigenvalue weighted by atomic mass is 10.1. The van der Waals surface area contributed by atoms with Crippen molar-refractivity contribution in [2.45, 2.75) is 25.8 Å². The molecule has 1 saturated heterocycles. The third kappa shape index (κ3) is 2.81. The molecule has 1 aliphatic rings. The topological polar surface area (TPSA) is 66.1 Å². The number of hydrogen-bond donors (Lipinski definition) is 2. The molecular formula is C22H23N5O. The molecule has 5 rings (SSSR count). The van der Waals surface area contributed by atoms with Crippen LogP contribution >= 0.6 is 0 Å². The Hall–Kier alpha value is -3.28. The fourth-order valence-corrected chi connectivity index (χ4v) is 4.11. The molecule has 0 radical (unpaired) electrons. The first kappa shape index (κ1) is 16.9. The van der Waals surface area contributed by atoms with Crippen LogP contribution in [0.4, 0.5) is 17.2 Å². The summed E-state index contributed by atoms with van der Waals surface area (Å²) in [6.07, 6.45) is 4.41. The van der Waals surface area contributed by atoms with Gasteiger partial charge in [0.15, 0.2) is 5.82 Å². The summed E-state index contributed by atoms with van der Waals surface area (Å²) in [7, 11) is 1.67. The van der Waals surface area contributed by atoms with Crippen LogP contribution in [0.25, 0.3) is 21.8 Å². The molecule has 6 heteroatoms. The number of fused-ring (bicyclic) bond motifs is 3. The normalized spacial score (nSPS) is 16.8. The number of ether oxygens (including phenoxy) is 1. The molecule has 0 amide bonds. The maximum Gasteiger partial charge on any atom is 0.159 e. The highest BCUT2D eigenvalue weighted by Gasteiger charge is 2.20. The van der Waals surface area contributed by atoms with Crippen LogP contribution in [0.3, 0.4) is 0 Å². The number of hydrogen-bond acceptors (Lipinski definition) is 5. The van der Waals surface area contributed by atoms with Gasteiger partial charge in [-0.1, -0.05) is 6.07 Å². The third-order valence-electron chi connectivity index (χ3n) is 5.58. The van der Waals surface area contributed by atoms with Gasteiger partial charge in [-0.05, 0) is 56.2 Å². The summed E-state index contributed by atoms with van der Waals surface area (Å²) in [5, 5.41) is 12.9. The molecule has 142 valence electrons. The summed E-state index contributed by atoms with van der Waals surface area (Å²) in [5.41, 5.74) is 3.99. The number of aromatic amines is 1. The molecule has 2 aromatic heterocycles. The van der Waals surface area contributed by atoms with E-state index in [2.05, 4.69) is 51.6 Å². The standard InChI is InChI=1S/C22H23N5O/c1-14-5-4-10-27(14)16-7-3-6-15(11-16)24-22-21-19(13-23-26-21)18-12-17(28-2)8-9-20(18)25-22/h3,6-9,11-14H,4-5,10H2,1-2H3,(H,23,26)(H,24,25)/t14-/m0/s1. The van der Waals surface area contributed by atoms with Gasteiger partial charge in [0.2, 0.25) is 0 Å². The van der Waals surface area contributed by atoms with Crippen LogP contribution in [0.15, 0.2) is 48.7 Å². The first-order chi connectivity index (χ1) is 13.7. The number of aromatic nitrogens is 3. The zero-order chi connectivity index (χ0) is 19.1. The van der Waals surface area contributed by atoms with E-state index in [0.29, 0.717) is 6.04 Å². The highest BCUT2D eigenvalue weighted by Crippen LogP contribution is 2.33. The number of benzene rings is 2. The Morgan fingerprint density at radius 2 is 2.11 bits per heavy atom. The van der Waals surface area contributed by atoms with E-state index in [0.717, 1.165) is 45.6 Å². The number of pyridine rings is 1. The maximum atomic E-state index is 5.37. The molecule has 1 atom stereocenters. The number of nitrogens with one attached hydrogen (secondary N) is 2. The van der Waals surface area contributed by atoms with Crippen molar-refractivity contribution in [3.8, 4) is 5.75 Å². The minimum absolute atomic E-state index is 0.585. The largest absolute Gasteiger partial charge is 0.497 e. The molecule has 0 spiro atoms. The summed E-state index contributed by atoms with van der Waals surface area (Å²) >= 11 is 0. The predicted molar refractivity (Wildman–Crippen MR) is 114 cm³/mol. The average molecular weight is 373 g/mol. The second-order valence-corrected chi connectivity index (χ2v) is 7.35. The summed E-state index contributed by atoms with van der Waals surface area (Å²) in [5.74, 6) is 1.56. The maximum absolute atomic E-state index is 5.37. The lowest BCUT2D eigenvalue weighted by Crippen LogP contribution is -2.26. The lowest BCUT2D eigenvalue weighted by molar-refractivity contribution is 0.415. The number of rotatable bonds is 4. The van der Waals surface area contributed by atoms with Crippen LogP contribution in [-0.2, 0) is 0 Å². The van der Waals surface area contributed by atoms with Crippen LogP contribution in [0.5, 0.6) is 5.75 Å². The van der Waals surface area contributed by atoms with Gasteiger partial charge in [0.05, 0.1) is 12.6 Å². The van der Waals surface area contributed by atoms with E-state index in [1.165, 1.54) is 18.5 Å². The summed E-state index contributed by atoms with van der Waals surface area (Å²) in [4.78, 5) is 7.29. The van der Waals surface area contributed by atoms with Crippen molar-refractivity contribution in [3.05, 3.63) is 48.7 Å². The zero-order valence-corrected chi connectivity index (χ0v) is 16.1. The minimum Gasteiger partial charge on any atom is -0.497 e. The second kappa shape index (κ2) is 6.71. The van der Waals surface area contributed by atoms with Gasteiger partial charge in [-0.15, -0.1) is 0 Å². The Labute approximate surface area is 163 Å². The van der Waals surface area contributed by atoms with Crippen LogP contribution in [-0.4, -0.2) is 34.9 Å². The van der Waals surface area contributed by atoms with Crippen molar-refractivity contribution in [3.63, 3.8) is 0 Å². The van der Waals surface area contributed by atoms with Gasteiger partial charge in [0, 0.05) is 40.9 Å². The van der Waals surface area contributed by atoms with Crippen LogP contribution in [0.1, 0.15) is 19.8 Å². The van der Waals surface area contributed by atoms with Gasteiger partial charge >= 0.3 is 0 Å². The zero-order valence-electron chi connectivity index (χ0n) is 16.1. The molecular weight excluding hydrogens is 350 g/mol. The average Bonchev–Trinajstić information content (AvgIpc) is 3.37. The molecule has 0 saturated carbocycles. The minimum atomic E-state index is 0.585. The fourth-order valence-electron chi connectivity index (χ4n) is 4.11. The Kier molecular flexibility index (Phi) is 4.04. The predicted octanol–water partition coefficient (Wildman–Crippen LogP) is 4.85. The first-order valence-corrected chi connectivity index (χ1v) is 9.68. The molecule has 2 N–H and O–H groups in total. The van der Waals surface area contributed by atoms with Gasteiger partial charge in [0.25, 0.3) is 0 Å². The van der Waals surface area contributed by atoms with Gasteiger partial charge in [-0.25, -0.2) is 4.98 Å². The van der Waals surface area contributed by atoms with E-state index in [1.54, 1.807) is 7.11 Å². The number of methoxy groups -OCH3 is 1. The number of H-pyrrole nitrogens is 1.